The first kappa shape index (κ1) is 14.6. The van der Waals surface area contributed by atoms with Crippen LogP contribution in [-0.2, 0) is 13.0 Å². The zero-order valence-electron chi connectivity index (χ0n) is 13.5. The van der Waals surface area contributed by atoms with Crippen molar-refractivity contribution in [2.24, 2.45) is 5.92 Å². The van der Waals surface area contributed by atoms with Crippen molar-refractivity contribution in [1.82, 2.24) is 9.55 Å². The van der Waals surface area contributed by atoms with Crippen LogP contribution in [0.5, 0.6) is 0 Å². The highest BCUT2D eigenvalue weighted by atomic mass is 15.1. The molecule has 114 valence electrons. The Balaban J connectivity index is 2.06. The maximum atomic E-state index is 5.90. The Morgan fingerprint density at radius 2 is 1.82 bits per heavy atom. The number of hydrogen-bond donors (Lipinski definition) is 1. The summed E-state index contributed by atoms with van der Waals surface area (Å²) in [4.78, 5) is 4.81. The minimum absolute atomic E-state index is 0.575. The third-order valence-corrected chi connectivity index (χ3v) is 3.90. The Morgan fingerprint density at radius 1 is 1.09 bits per heavy atom. The summed E-state index contributed by atoms with van der Waals surface area (Å²) in [7, 11) is 0. The maximum absolute atomic E-state index is 5.90. The molecule has 1 aromatic heterocycles. The van der Waals surface area contributed by atoms with Gasteiger partial charge in [-0.1, -0.05) is 43.7 Å². The van der Waals surface area contributed by atoms with E-state index in [1.807, 2.05) is 12.1 Å². The average Bonchev–Trinajstić information content (AvgIpc) is 2.77. The van der Waals surface area contributed by atoms with Crippen LogP contribution in [0.3, 0.4) is 0 Å². The van der Waals surface area contributed by atoms with E-state index in [1.54, 1.807) is 0 Å². The quantitative estimate of drug-likeness (QED) is 0.734. The Morgan fingerprint density at radius 3 is 2.50 bits per heavy atom. The predicted molar refractivity (Wildman–Crippen MR) is 93.0 cm³/mol. The summed E-state index contributed by atoms with van der Waals surface area (Å²) >= 11 is 0. The van der Waals surface area contributed by atoms with Crippen LogP contribution in [0, 0.1) is 12.8 Å². The Kier molecular flexibility index (Phi) is 3.88. The van der Waals surface area contributed by atoms with E-state index in [0.717, 1.165) is 35.5 Å². The van der Waals surface area contributed by atoms with Crippen molar-refractivity contribution < 1.29 is 0 Å². The molecule has 3 aromatic rings. The minimum Gasteiger partial charge on any atom is -0.399 e. The summed E-state index contributed by atoms with van der Waals surface area (Å²) in [5.74, 6) is 1.71. The molecule has 2 N–H and O–H groups in total. The van der Waals surface area contributed by atoms with E-state index < -0.39 is 0 Å². The number of hydrogen-bond acceptors (Lipinski definition) is 2. The topological polar surface area (TPSA) is 43.8 Å². The molecule has 0 bridgehead atoms. The van der Waals surface area contributed by atoms with Gasteiger partial charge in [-0.3, -0.25) is 0 Å². The van der Waals surface area contributed by atoms with Gasteiger partial charge in [0.25, 0.3) is 0 Å². The molecule has 0 aliphatic carbocycles. The van der Waals surface area contributed by atoms with E-state index in [0.29, 0.717) is 5.92 Å². The fraction of sp³-hybridized carbons (Fsp3) is 0.316. The van der Waals surface area contributed by atoms with Crippen LogP contribution in [0.2, 0.25) is 0 Å². The number of aryl methyl sites for hydroxylation is 1. The largest absolute Gasteiger partial charge is 0.399 e. The van der Waals surface area contributed by atoms with Gasteiger partial charge in [0.05, 0.1) is 11.0 Å². The van der Waals surface area contributed by atoms with Crippen LogP contribution in [0.15, 0.2) is 42.5 Å². The van der Waals surface area contributed by atoms with Crippen molar-refractivity contribution in [3.05, 3.63) is 59.4 Å². The minimum atomic E-state index is 0.575. The number of nitrogens with two attached hydrogens (primary N) is 1. The first-order chi connectivity index (χ1) is 10.5. The van der Waals surface area contributed by atoms with Gasteiger partial charge in [0.1, 0.15) is 5.82 Å². The fourth-order valence-electron chi connectivity index (χ4n) is 2.77. The monoisotopic (exact) mass is 293 g/mol. The van der Waals surface area contributed by atoms with Gasteiger partial charge in [-0.2, -0.15) is 0 Å². The summed E-state index contributed by atoms with van der Waals surface area (Å²) < 4.78 is 2.32. The smallest absolute Gasteiger partial charge is 0.110 e. The van der Waals surface area contributed by atoms with Crippen LogP contribution < -0.4 is 5.73 Å². The van der Waals surface area contributed by atoms with Gasteiger partial charge in [0, 0.05) is 18.7 Å². The second kappa shape index (κ2) is 5.84. The second-order valence-electron chi connectivity index (χ2n) is 6.45. The number of nitrogens with zero attached hydrogens (tertiary/aromatic N) is 2. The number of aromatic nitrogens is 2. The van der Waals surface area contributed by atoms with E-state index in [9.17, 15) is 0 Å². The lowest BCUT2D eigenvalue weighted by Crippen LogP contribution is -2.08. The molecular formula is C19H23N3. The second-order valence-corrected chi connectivity index (χ2v) is 6.45. The van der Waals surface area contributed by atoms with Gasteiger partial charge in [0.2, 0.25) is 0 Å². The number of benzene rings is 2. The van der Waals surface area contributed by atoms with Crippen molar-refractivity contribution in [1.29, 1.82) is 0 Å². The van der Waals surface area contributed by atoms with Crippen molar-refractivity contribution in [2.75, 3.05) is 5.73 Å². The molecule has 3 heteroatoms. The third-order valence-electron chi connectivity index (χ3n) is 3.90. The van der Waals surface area contributed by atoms with E-state index in [4.69, 9.17) is 10.7 Å². The molecule has 0 atom stereocenters. The van der Waals surface area contributed by atoms with Crippen molar-refractivity contribution in [3.63, 3.8) is 0 Å². The first-order valence-corrected chi connectivity index (χ1v) is 7.83. The highest BCUT2D eigenvalue weighted by molar-refractivity contribution is 5.79. The highest BCUT2D eigenvalue weighted by Gasteiger charge is 2.12. The summed E-state index contributed by atoms with van der Waals surface area (Å²) in [6.45, 7) is 7.42. The van der Waals surface area contributed by atoms with Crippen molar-refractivity contribution in [2.45, 2.75) is 33.7 Å². The molecule has 0 saturated heterocycles. The number of rotatable bonds is 4. The molecule has 3 nitrogen and oxygen atoms in total. The third kappa shape index (κ3) is 2.98. The van der Waals surface area contributed by atoms with Gasteiger partial charge < -0.3 is 10.3 Å². The zero-order valence-corrected chi connectivity index (χ0v) is 13.5. The number of anilines is 1. The van der Waals surface area contributed by atoms with Gasteiger partial charge in [-0.05, 0) is 36.6 Å². The molecule has 2 aromatic carbocycles. The average molecular weight is 293 g/mol. The summed E-state index contributed by atoms with van der Waals surface area (Å²) in [6.07, 6.45) is 0.973. The number of fused-ring (bicyclic) bond motifs is 1. The normalized spacial score (nSPS) is 11.5. The molecule has 0 aliphatic heterocycles. The molecule has 0 fully saturated rings. The Labute approximate surface area is 131 Å². The molecule has 0 radical (unpaired) electrons. The summed E-state index contributed by atoms with van der Waals surface area (Å²) in [5.41, 5.74) is 11.4. The highest BCUT2D eigenvalue weighted by Crippen LogP contribution is 2.22. The van der Waals surface area contributed by atoms with Crippen molar-refractivity contribution in [3.8, 4) is 0 Å². The standard InChI is InChI=1S/C19H23N3/c1-13(2)10-19-21-17-11-16(20)8-9-18(17)22(19)12-15-6-4-14(3)5-7-15/h4-9,11,13H,10,12,20H2,1-3H3. The van der Waals surface area contributed by atoms with Gasteiger partial charge >= 0.3 is 0 Å². The lowest BCUT2D eigenvalue weighted by atomic mass is 10.1. The maximum Gasteiger partial charge on any atom is 0.110 e. The van der Waals surface area contributed by atoms with Crippen LogP contribution in [0.4, 0.5) is 5.69 Å². The first-order valence-electron chi connectivity index (χ1n) is 7.83. The molecule has 0 unspecified atom stereocenters. The predicted octanol–water partition coefficient (Wildman–Crippen LogP) is 4.17. The molecular weight excluding hydrogens is 270 g/mol. The molecule has 0 saturated carbocycles. The van der Waals surface area contributed by atoms with Gasteiger partial charge in [0.15, 0.2) is 0 Å². The molecule has 3 rings (SSSR count). The van der Waals surface area contributed by atoms with E-state index in [-0.39, 0.29) is 0 Å². The SMILES string of the molecule is Cc1ccc(Cn2c(CC(C)C)nc3cc(N)ccc32)cc1. The lowest BCUT2D eigenvalue weighted by Gasteiger charge is -2.11. The van der Waals surface area contributed by atoms with Gasteiger partial charge in [-0.25, -0.2) is 4.98 Å². The molecule has 0 amide bonds. The van der Waals surface area contributed by atoms with Crippen LogP contribution >= 0.6 is 0 Å². The molecule has 0 aliphatic rings. The molecule has 22 heavy (non-hydrogen) atoms. The molecule has 0 spiro atoms. The van der Waals surface area contributed by atoms with Crippen LogP contribution in [0.25, 0.3) is 11.0 Å². The number of nitrogen functional groups attached to an aromatic ring is 1. The van der Waals surface area contributed by atoms with E-state index in [2.05, 4.69) is 55.7 Å². The van der Waals surface area contributed by atoms with Crippen molar-refractivity contribution >= 4 is 16.7 Å². The Bertz CT molecular complexity index is 782. The Hall–Kier alpha value is -2.29. The zero-order chi connectivity index (χ0) is 15.7. The van der Waals surface area contributed by atoms with Crippen LogP contribution in [-0.4, -0.2) is 9.55 Å². The summed E-state index contributed by atoms with van der Waals surface area (Å²) in [5, 5.41) is 0. The van der Waals surface area contributed by atoms with E-state index in [1.165, 1.54) is 11.1 Å². The number of imidazole rings is 1. The lowest BCUT2D eigenvalue weighted by molar-refractivity contribution is 0.595. The molecule has 1 heterocycles. The van der Waals surface area contributed by atoms with E-state index >= 15 is 0 Å². The fourth-order valence-corrected chi connectivity index (χ4v) is 2.77. The summed E-state index contributed by atoms with van der Waals surface area (Å²) in [6, 6.07) is 14.7. The van der Waals surface area contributed by atoms with Gasteiger partial charge in [-0.15, -0.1) is 0 Å². The van der Waals surface area contributed by atoms with Crippen LogP contribution in [0.1, 0.15) is 30.8 Å².